The van der Waals surface area contributed by atoms with Crippen LogP contribution in [0.15, 0.2) is 36.7 Å². The quantitative estimate of drug-likeness (QED) is 0.356. The maximum Gasteiger partial charge on any atom is 0.238 e. The highest BCUT2D eigenvalue weighted by Gasteiger charge is 2.29. The fourth-order valence-corrected chi connectivity index (χ4v) is 3.51. The smallest absolute Gasteiger partial charge is 0.238 e. The lowest BCUT2D eigenvalue weighted by Crippen LogP contribution is -2.24. The maximum absolute atomic E-state index is 14.2. The van der Waals surface area contributed by atoms with Gasteiger partial charge in [-0.05, 0) is 63.1 Å². The first-order valence-electron chi connectivity index (χ1n) is 9.83. The number of rotatable bonds is 4. The van der Waals surface area contributed by atoms with Gasteiger partial charge < -0.3 is 0 Å². The number of hydrogen-bond acceptors (Lipinski definition) is 2. The minimum Gasteiger partial charge on any atom is -0.272 e. The predicted octanol–water partition coefficient (Wildman–Crippen LogP) is 5.84. The third-order valence-electron chi connectivity index (χ3n) is 5.38. The number of halogens is 6. The number of aryl methyl sites for hydroxylation is 2. The summed E-state index contributed by atoms with van der Waals surface area (Å²) >= 11 is 0. The molecule has 0 amide bonds. The molecule has 0 saturated carbocycles. The van der Waals surface area contributed by atoms with Gasteiger partial charge in [-0.25, -0.2) is 18.7 Å². The second kappa shape index (κ2) is 7.79. The van der Waals surface area contributed by atoms with E-state index >= 15 is 0 Å². The Bertz CT molecular complexity index is 1280. The highest BCUT2D eigenvalue weighted by Crippen LogP contribution is 2.32. The van der Waals surface area contributed by atoms with Crippen LogP contribution in [-0.4, -0.2) is 19.1 Å². The Morgan fingerprint density at radius 3 is 1.30 bits per heavy atom. The van der Waals surface area contributed by atoms with Gasteiger partial charge in [-0.1, -0.05) is 0 Å². The second-order valence-corrected chi connectivity index (χ2v) is 8.30. The van der Waals surface area contributed by atoms with Gasteiger partial charge in [-0.2, -0.15) is 17.6 Å². The minimum absolute atomic E-state index is 0.0492. The summed E-state index contributed by atoms with van der Waals surface area (Å²) in [6.45, 7) is 6.89. The van der Waals surface area contributed by atoms with E-state index in [1.165, 1.54) is 12.1 Å². The molecule has 4 aromatic rings. The Labute approximate surface area is 185 Å². The first-order chi connectivity index (χ1) is 15.4. The molecule has 0 aliphatic carbocycles. The Balaban J connectivity index is 1.85. The number of pyridine rings is 2. The maximum atomic E-state index is 14.2. The van der Waals surface area contributed by atoms with Gasteiger partial charge in [-0.15, -0.1) is 0 Å². The molecule has 0 aliphatic rings. The SMILES string of the molecule is Cc1cc(-n2cc(F)c(F)c2F)nc(C(C)(C)c2cc(C)cc(-n3cc(F)c(F)c3F)n2)c1. The van der Waals surface area contributed by atoms with Crippen molar-refractivity contribution in [1.82, 2.24) is 19.1 Å². The van der Waals surface area contributed by atoms with Crippen molar-refractivity contribution in [3.05, 3.63) is 94.3 Å². The van der Waals surface area contributed by atoms with E-state index in [1.54, 1.807) is 39.8 Å². The van der Waals surface area contributed by atoms with Gasteiger partial charge in [0.2, 0.25) is 23.5 Å². The van der Waals surface area contributed by atoms with Gasteiger partial charge in [0.05, 0.1) is 23.8 Å². The lowest BCUT2D eigenvalue weighted by atomic mass is 9.83. The Hall–Kier alpha value is -3.56. The molecule has 0 N–H and O–H groups in total. The topological polar surface area (TPSA) is 35.6 Å². The largest absolute Gasteiger partial charge is 0.272 e. The van der Waals surface area contributed by atoms with E-state index in [2.05, 4.69) is 9.97 Å². The van der Waals surface area contributed by atoms with Crippen LogP contribution in [-0.2, 0) is 5.41 Å². The van der Waals surface area contributed by atoms with Gasteiger partial charge in [0.15, 0.2) is 11.6 Å². The molecule has 0 saturated heterocycles. The molecular weight excluding hydrogens is 446 g/mol. The molecule has 0 aromatic carbocycles. The van der Waals surface area contributed by atoms with E-state index in [9.17, 15) is 26.3 Å². The predicted molar refractivity (Wildman–Crippen MR) is 108 cm³/mol. The molecule has 0 fully saturated rings. The van der Waals surface area contributed by atoms with Gasteiger partial charge in [0.25, 0.3) is 0 Å². The summed E-state index contributed by atoms with van der Waals surface area (Å²) in [5, 5.41) is 0. The summed E-state index contributed by atoms with van der Waals surface area (Å²) < 4.78 is 83.8. The summed E-state index contributed by atoms with van der Waals surface area (Å²) in [7, 11) is 0. The van der Waals surface area contributed by atoms with Crippen molar-refractivity contribution < 1.29 is 26.3 Å². The fourth-order valence-electron chi connectivity index (χ4n) is 3.51. The van der Waals surface area contributed by atoms with Crippen LogP contribution in [0.5, 0.6) is 0 Å². The van der Waals surface area contributed by atoms with Gasteiger partial charge in [0, 0.05) is 5.41 Å². The van der Waals surface area contributed by atoms with Crippen LogP contribution in [0.3, 0.4) is 0 Å². The standard InChI is InChI=1S/C23H18F6N4/c1-11-5-15(30-17(7-11)32-9-13(24)19(26)21(32)28)23(3,4)16-6-12(2)8-18(31-16)33-10-14(25)20(27)22(33)29/h5-10H,1-4H3. The van der Waals surface area contributed by atoms with Crippen LogP contribution in [0.1, 0.15) is 36.4 Å². The van der Waals surface area contributed by atoms with Crippen LogP contribution in [0.2, 0.25) is 0 Å². The van der Waals surface area contributed by atoms with Crippen molar-refractivity contribution in [3.63, 3.8) is 0 Å². The summed E-state index contributed by atoms with van der Waals surface area (Å²) in [6, 6.07) is 6.29. The van der Waals surface area contributed by atoms with Crippen molar-refractivity contribution in [2.45, 2.75) is 33.1 Å². The van der Waals surface area contributed by atoms with E-state index in [1.807, 2.05) is 0 Å². The highest BCUT2D eigenvalue weighted by molar-refractivity contribution is 5.41. The molecular formula is C23H18F6N4. The van der Waals surface area contributed by atoms with Crippen LogP contribution >= 0.6 is 0 Å². The molecule has 4 nitrogen and oxygen atoms in total. The first-order valence-corrected chi connectivity index (χ1v) is 9.83. The fraction of sp³-hybridized carbons (Fsp3) is 0.217. The third-order valence-corrected chi connectivity index (χ3v) is 5.38. The summed E-state index contributed by atoms with van der Waals surface area (Å²) in [5.41, 5.74) is 1.04. The van der Waals surface area contributed by atoms with Gasteiger partial charge in [-0.3, -0.25) is 9.13 Å². The molecule has 0 aliphatic heterocycles. The van der Waals surface area contributed by atoms with Crippen LogP contribution < -0.4 is 0 Å². The lowest BCUT2D eigenvalue weighted by Gasteiger charge is -2.26. The molecule has 4 rings (SSSR count). The monoisotopic (exact) mass is 464 g/mol. The van der Waals surface area contributed by atoms with E-state index < -0.39 is 40.6 Å². The molecule has 172 valence electrons. The van der Waals surface area contributed by atoms with E-state index in [-0.39, 0.29) is 11.6 Å². The Morgan fingerprint density at radius 1 is 0.636 bits per heavy atom. The molecule has 33 heavy (non-hydrogen) atoms. The molecule has 0 bridgehead atoms. The average molecular weight is 464 g/mol. The zero-order valence-electron chi connectivity index (χ0n) is 18.0. The lowest BCUT2D eigenvalue weighted by molar-refractivity contribution is 0.443. The molecule has 4 aromatic heterocycles. The van der Waals surface area contributed by atoms with Crippen LogP contribution in [0, 0.1) is 49.0 Å². The zero-order chi connectivity index (χ0) is 24.2. The van der Waals surface area contributed by atoms with Crippen molar-refractivity contribution in [2.24, 2.45) is 0 Å². The Kier molecular flexibility index (Phi) is 5.34. The average Bonchev–Trinajstić information content (AvgIpc) is 3.17. The zero-order valence-corrected chi connectivity index (χ0v) is 18.0. The summed E-state index contributed by atoms with van der Waals surface area (Å²) in [6.07, 6.45) is 1.31. The Morgan fingerprint density at radius 2 is 1.00 bits per heavy atom. The highest BCUT2D eigenvalue weighted by atomic mass is 19.2. The first kappa shape index (κ1) is 22.6. The number of aromatic nitrogens is 4. The van der Waals surface area contributed by atoms with Crippen molar-refractivity contribution in [2.75, 3.05) is 0 Å². The van der Waals surface area contributed by atoms with E-state index in [4.69, 9.17) is 0 Å². The van der Waals surface area contributed by atoms with Crippen molar-refractivity contribution in [3.8, 4) is 11.6 Å². The molecule has 4 heterocycles. The van der Waals surface area contributed by atoms with E-state index in [0.29, 0.717) is 44.0 Å². The third kappa shape index (κ3) is 3.79. The van der Waals surface area contributed by atoms with Gasteiger partial charge >= 0.3 is 0 Å². The minimum atomic E-state index is -1.61. The summed E-state index contributed by atoms with van der Waals surface area (Å²) in [5.74, 6) is -8.87. The number of nitrogens with zero attached hydrogens (tertiary/aromatic N) is 4. The molecule has 0 spiro atoms. The number of hydrogen-bond donors (Lipinski definition) is 0. The van der Waals surface area contributed by atoms with E-state index in [0.717, 1.165) is 0 Å². The van der Waals surface area contributed by atoms with Crippen LogP contribution in [0.4, 0.5) is 26.3 Å². The second-order valence-electron chi connectivity index (χ2n) is 8.30. The van der Waals surface area contributed by atoms with Crippen LogP contribution in [0.25, 0.3) is 11.6 Å². The van der Waals surface area contributed by atoms with Gasteiger partial charge in [0.1, 0.15) is 11.6 Å². The molecule has 0 radical (unpaired) electrons. The summed E-state index contributed by atoms with van der Waals surface area (Å²) in [4.78, 5) is 8.77. The normalized spacial score (nSPS) is 11.9. The van der Waals surface area contributed by atoms with Crippen molar-refractivity contribution >= 4 is 0 Å². The molecule has 0 atom stereocenters. The molecule has 10 heteroatoms. The van der Waals surface area contributed by atoms with Crippen molar-refractivity contribution in [1.29, 1.82) is 0 Å². The molecule has 0 unspecified atom stereocenters.